The molecule has 5 nitrogen and oxygen atoms in total. The fourth-order valence-corrected chi connectivity index (χ4v) is 1.78. The molecule has 0 aliphatic rings. The lowest BCUT2D eigenvalue weighted by atomic mass is 10.1. The summed E-state index contributed by atoms with van der Waals surface area (Å²) < 4.78 is 8.88. The summed E-state index contributed by atoms with van der Waals surface area (Å²) in [6.07, 6.45) is 13.9. The van der Waals surface area contributed by atoms with E-state index < -0.39 is 7.82 Å². The quantitative estimate of drug-likeness (QED) is 0.366. The molecule has 0 aromatic heterocycles. The van der Waals surface area contributed by atoms with Gasteiger partial charge < -0.3 is 20.4 Å². The lowest BCUT2D eigenvalue weighted by Gasteiger charge is -2.04. The first-order valence-electron chi connectivity index (χ1n) is 7.31. The summed E-state index contributed by atoms with van der Waals surface area (Å²) in [6.45, 7) is 4.37. The van der Waals surface area contributed by atoms with E-state index in [9.17, 15) is 0 Å². The molecule has 6 heteroatoms. The Bertz CT molecular complexity index is 210. The number of hydrogen-bond acceptors (Lipinski definition) is 2. The molecule has 0 aromatic carbocycles. The van der Waals surface area contributed by atoms with E-state index in [1.54, 1.807) is 0 Å². The largest absolute Gasteiger partial charge is 0.466 e. The number of rotatable bonds is 10. The van der Waals surface area contributed by atoms with Gasteiger partial charge in [-0.2, -0.15) is 0 Å². The summed E-state index contributed by atoms with van der Waals surface area (Å²) in [5.74, 6) is 0. The molecule has 0 aromatic rings. The Labute approximate surface area is 117 Å². The van der Waals surface area contributed by atoms with E-state index in [4.69, 9.17) is 25.0 Å². The third kappa shape index (κ3) is 38.1. The molecule has 0 aliphatic carbocycles. The summed E-state index contributed by atoms with van der Waals surface area (Å²) in [7, 11) is -4.64. The molecule has 0 spiro atoms. The van der Waals surface area contributed by atoms with Gasteiger partial charge in [-0.1, -0.05) is 64.7 Å². The van der Waals surface area contributed by atoms with Crippen molar-refractivity contribution in [2.75, 3.05) is 0 Å². The monoisotopic (exact) mass is 297 g/mol. The number of nitrogens with two attached hydrogens (primary N) is 1. The van der Waals surface area contributed by atoms with Gasteiger partial charge >= 0.3 is 7.82 Å². The van der Waals surface area contributed by atoms with Crippen molar-refractivity contribution in [2.24, 2.45) is 5.73 Å². The molecule has 0 heterocycles. The molecule has 0 saturated heterocycles. The summed E-state index contributed by atoms with van der Waals surface area (Å²) in [5.41, 5.74) is 5.69. The lowest BCUT2D eigenvalue weighted by Crippen LogP contribution is -2.13. The van der Waals surface area contributed by atoms with E-state index in [0.717, 1.165) is 0 Å². The van der Waals surface area contributed by atoms with Crippen LogP contribution in [0.5, 0.6) is 0 Å². The number of unbranched alkanes of at least 4 members (excludes halogenated alkanes) is 8. The zero-order valence-corrected chi connectivity index (χ0v) is 13.3. The molecule has 0 radical (unpaired) electrons. The highest BCUT2D eigenvalue weighted by Crippen LogP contribution is 2.25. The smallest absolute Gasteiger partial charge is 0.328 e. The highest BCUT2D eigenvalue weighted by atomic mass is 31.2. The molecule has 0 saturated carbocycles. The molecule has 118 valence electrons. The van der Waals surface area contributed by atoms with Gasteiger partial charge in [-0.25, -0.2) is 4.57 Å². The summed E-state index contributed by atoms with van der Waals surface area (Å²) >= 11 is 0. The van der Waals surface area contributed by atoms with Gasteiger partial charge in [0.25, 0.3) is 0 Å². The summed E-state index contributed by atoms with van der Waals surface area (Å²) in [5, 5.41) is 0. The van der Waals surface area contributed by atoms with Crippen LogP contribution in [-0.2, 0) is 4.57 Å². The number of hydrogen-bond donors (Lipinski definition) is 4. The second kappa shape index (κ2) is 14.5. The van der Waals surface area contributed by atoms with E-state index in [1.807, 2.05) is 0 Å². The Balaban J connectivity index is 0. The molecule has 5 N–H and O–H groups in total. The van der Waals surface area contributed by atoms with Crippen LogP contribution in [0.15, 0.2) is 0 Å². The van der Waals surface area contributed by atoms with Gasteiger partial charge in [0.2, 0.25) is 0 Å². The molecular formula is C13H32NO4P. The molecule has 0 fully saturated rings. The Kier molecular flexibility index (Phi) is 16.3. The van der Waals surface area contributed by atoms with Gasteiger partial charge in [0, 0.05) is 6.04 Å². The predicted molar refractivity (Wildman–Crippen MR) is 79.8 cm³/mol. The Morgan fingerprint density at radius 1 is 0.895 bits per heavy atom. The Morgan fingerprint density at radius 3 is 1.53 bits per heavy atom. The van der Waals surface area contributed by atoms with Crippen molar-refractivity contribution in [2.45, 2.75) is 84.1 Å². The molecule has 1 atom stereocenters. The average Bonchev–Trinajstić information content (AvgIpc) is 2.24. The molecular weight excluding hydrogens is 265 g/mol. The summed E-state index contributed by atoms with van der Waals surface area (Å²) in [4.78, 5) is 21.6. The van der Waals surface area contributed by atoms with E-state index in [1.165, 1.54) is 64.2 Å². The highest BCUT2D eigenvalue weighted by Gasteiger charge is 2.00. The third-order valence-electron chi connectivity index (χ3n) is 2.76. The minimum Gasteiger partial charge on any atom is -0.328 e. The van der Waals surface area contributed by atoms with Crippen molar-refractivity contribution in [3.63, 3.8) is 0 Å². The van der Waals surface area contributed by atoms with Crippen LogP contribution >= 0.6 is 7.82 Å². The van der Waals surface area contributed by atoms with Crippen molar-refractivity contribution in [3.8, 4) is 0 Å². The zero-order chi connectivity index (χ0) is 15.1. The lowest BCUT2D eigenvalue weighted by molar-refractivity contribution is 0.275. The fourth-order valence-electron chi connectivity index (χ4n) is 1.78. The standard InChI is InChI=1S/C13H29N.H3O4P/c1-3-4-5-6-7-8-9-10-11-12-13(2)14;1-5(2,3)4/h13H,3-12,14H2,1-2H3;(H3,1,2,3,4). The zero-order valence-electron chi connectivity index (χ0n) is 12.4. The molecule has 19 heavy (non-hydrogen) atoms. The minimum atomic E-state index is -4.64. The van der Waals surface area contributed by atoms with E-state index in [0.29, 0.717) is 6.04 Å². The van der Waals surface area contributed by atoms with Crippen LogP contribution in [0.1, 0.15) is 78.1 Å². The third-order valence-corrected chi connectivity index (χ3v) is 2.76. The first-order chi connectivity index (χ1) is 8.77. The van der Waals surface area contributed by atoms with E-state index >= 15 is 0 Å². The normalized spacial score (nSPS) is 12.7. The second-order valence-electron chi connectivity index (χ2n) is 5.11. The SMILES string of the molecule is CCCCCCCCCCCC(C)N.O=P(O)(O)O. The Hall–Kier alpha value is 0.0700. The van der Waals surface area contributed by atoms with Crippen LogP contribution in [-0.4, -0.2) is 20.7 Å². The molecule has 0 amide bonds. The van der Waals surface area contributed by atoms with Crippen LogP contribution < -0.4 is 5.73 Å². The van der Waals surface area contributed by atoms with Crippen LogP contribution in [0.2, 0.25) is 0 Å². The van der Waals surface area contributed by atoms with Gasteiger partial charge in [-0.3, -0.25) is 0 Å². The average molecular weight is 297 g/mol. The topological polar surface area (TPSA) is 104 Å². The predicted octanol–water partition coefficient (Wildman–Crippen LogP) is 3.33. The van der Waals surface area contributed by atoms with Gasteiger partial charge in [-0.05, 0) is 13.3 Å². The molecule has 0 bridgehead atoms. The maximum atomic E-state index is 8.88. The summed E-state index contributed by atoms with van der Waals surface area (Å²) in [6, 6.07) is 0.402. The van der Waals surface area contributed by atoms with E-state index in [2.05, 4.69) is 13.8 Å². The van der Waals surface area contributed by atoms with Crippen LogP contribution in [0.25, 0.3) is 0 Å². The highest BCUT2D eigenvalue weighted by molar-refractivity contribution is 7.45. The van der Waals surface area contributed by atoms with Crippen LogP contribution in [0.3, 0.4) is 0 Å². The second-order valence-corrected chi connectivity index (χ2v) is 6.13. The van der Waals surface area contributed by atoms with Crippen LogP contribution in [0, 0.1) is 0 Å². The van der Waals surface area contributed by atoms with Crippen molar-refractivity contribution < 1.29 is 19.2 Å². The maximum Gasteiger partial charge on any atom is 0.466 e. The van der Waals surface area contributed by atoms with Crippen molar-refractivity contribution in [1.82, 2.24) is 0 Å². The minimum absolute atomic E-state index is 0.402. The maximum absolute atomic E-state index is 8.88. The van der Waals surface area contributed by atoms with Gasteiger partial charge in [0.05, 0.1) is 0 Å². The Morgan fingerprint density at radius 2 is 1.21 bits per heavy atom. The van der Waals surface area contributed by atoms with Gasteiger partial charge in [-0.15, -0.1) is 0 Å². The number of phosphoric acid groups is 1. The van der Waals surface area contributed by atoms with Crippen LogP contribution in [0.4, 0.5) is 0 Å². The van der Waals surface area contributed by atoms with Gasteiger partial charge in [0.1, 0.15) is 0 Å². The van der Waals surface area contributed by atoms with Crippen molar-refractivity contribution >= 4 is 7.82 Å². The first-order valence-corrected chi connectivity index (χ1v) is 8.87. The molecule has 0 rings (SSSR count). The van der Waals surface area contributed by atoms with Gasteiger partial charge in [0.15, 0.2) is 0 Å². The van der Waals surface area contributed by atoms with E-state index in [-0.39, 0.29) is 0 Å². The molecule has 0 aliphatic heterocycles. The van der Waals surface area contributed by atoms with Crippen molar-refractivity contribution in [1.29, 1.82) is 0 Å². The first kappa shape index (κ1) is 21.4. The fraction of sp³-hybridized carbons (Fsp3) is 1.00. The van der Waals surface area contributed by atoms with Crippen molar-refractivity contribution in [3.05, 3.63) is 0 Å². The molecule has 1 unspecified atom stereocenters.